The monoisotopic (exact) mass is 144 g/mol. The van der Waals surface area contributed by atoms with Crippen LogP contribution in [0.5, 0.6) is 0 Å². The summed E-state index contributed by atoms with van der Waals surface area (Å²) in [6, 6.07) is 0. The summed E-state index contributed by atoms with van der Waals surface area (Å²) >= 11 is 0. The van der Waals surface area contributed by atoms with Crippen molar-refractivity contribution < 1.29 is 4.79 Å². The average Bonchev–Trinajstić information content (AvgIpc) is 1.98. The van der Waals surface area contributed by atoms with E-state index in [9.17, 15) is 4.79 Å². The minimum absolute atomic E-state index is 0.157. The summed E-state index contributed by atoms with van der Waals surface area (Å²) in [6.45, 7) is 6.04. The van der Waals surface area contributed by atoms with Gasteiger partial charge in [-0.15, -0.1) is 0 Å². The Kier molecular flexibility index (Phi) is 4.94. The Morgan fingerprint density at radius 2 is 2.10 bits per heavy atom. The maximum absolute atomic E-state index is 11.0. The van der Waals surface area contributed by atoms with Gasteiger partial charge < -0.3 is 10.2 Å². The zero-order chi connectivity index (χ0) is 7.98. The van der Waals surface area contributed by atoms with Crippen LogP contribution >= 0.6 is 0 Å². The van der Waals surface area contributed by atoms with Gasteiger partial charge in [0.05, 0.1) is 6.54 Å². The van der Waals surface area contributed by atoms with Crippen LogP contribution in [0.2, 0.25) is 0 Å². The van der Waals surface area contributed by atoms with Crippen molar-refractivity contribution in [1.29, 1.82) is 0 Å². The highest BCUT2D eigenvalue weighted by Crippen LogP contribution is 1.80. The van der Waals surface area contributed by atoms with Crippen molar-refractivity contribution in [2.45, 2.75) is 13.8 Å². The Balaban J connectivity index is 3.42. The van der Waals surface area contributed by atoms with Gasteiger partial charge in [0.2, 0.25) is 5.91 Å². The van der Waals surface area contributed by atoms with Crippen molar-refractivity contribution in [3.05, 3.63) is 0 Å². The van der Waals surface area contributed by atoms with Crippen LogP contribution in [0, 0.1) is 0 Å². The normalized spacial score (nSPS) is 9.50. The van der Waals surface area contributed by atoms with E-state index in [1.807, 2.05) is 13.8 Å². The number of carbonyl (C=O) groups is 1. The molecule has 0 atom stereocenters. The molecule has 0 unspecified atom stereocenters. The molecule has 0 bridgehead atoms. The van der Waals surface area contributed by atoms with Gasteiger partial charge in [-0.2, -0.15) is 0 Å². The molecular weight excluding hydrogens is 128 g/mol. The fraction of sp³-hybridized carbons (Fsp3) is 0.857. The average molecular weight is 144 g/mol. The molecule has 1 N–H and O–H groups in total. The second-order valence-electron chi connectivity index (χ2n) is 2.19. The summed E-state index contributed by atoms with van der Waals surface area (Å²) in [7, 11) is 1.81. The number of hydrogen-bond donors (Lipinski definition) is 1. The third-order valence-corrected chi connectivity index (χ3v) is 1.43. The Morgan fingerprint density at radius 3 is 2.50 bits per heavy atom. The van der Waals surface area contributed by atoms with Crippen LogP contribution in [0.15, 0.2) is 0 Å². The van der Waals surface area contributed by atoms with Crippen molar-refractivity contribution in [3.63, 3.8) is 0 Å². The van der Waals surface area contributed by atoms with E-state index in [2.05, 4.69) is 5.32 Å². The van der Waals surface area contributed by atoms with E-state index in [-0.39, 0.29) is 5.91 Å². The molecule has 0 aromatic carbocycles. The number of amides is 1. The highest BCUT2D eigenvalue weighted by Gasteiger charge is 2.03. The first-order valence-corrected chi connectivity index (χ1v) is 3.67. The molecule has 0 aliphatic carbocycles. The van der Waals surface area contributed by atoms with E-state index in [1.165, 1.54) is 0 Å². The van der Waals surface area contributed by atoms with Crippen LogP contribution in [0.3, 0.4) is 0 Å². The van der Waals surface area contributed by atoms with Crippen LogP contribution in [-0.4, -0.2) is 37.5 Å². The quantitative estimate of drug-likeness (QED) is 0.605. The molecule has 3 heteroatoms. The zero-order valence-electron chi connectivity index (χ0n) is 6.98. The molecule has 0 radical (unpaired) electrons. The van der Waals surface area contributed by atoms with Crippen LogP contribution < -0.4 is 5.32 Å². The minimum atomic E-state index is 0.157. The standard InChI is InChI=1S/C7H16N2O/c1-4-8-6-7(10)9(3)5-2/h8H,4-6H2,1-3H3. The van der Waals surface area contributed by atoms with Crippen molar-refractivity contribution in [2.24, 2.45) is 0 Å². The number of likely N-dealkylation sites (N-methyl/N-ethyl adjacent to an activating group) is 2. The first kappa shape index (κ1) is 9.43. The van der Waals surface area contributed by atoms with Gasteiger partial charge in [-0.1, -0.05) is 6.92 Å². The highest BCUT2D eigenvalue weighted by atomic mass is 16.2. The molecule has 0 aliphatic rings. The minimum Gasteiger partial charge on any atom is -0.345 e. The maximum atomic E-state index is 11.0. The first-order valence-electron chi connectivity index (χ1n) is 3.67. The highest BCUT2D eigenvalue weighted by molar-refractivity contribution is 5.77. The Morgan fingerprint density at radius 1 is 1.50 bits per heavy atom. The lowest BCUT2D eigenvalue weighted by Gasteiger charge is -2.13. The molecule has 0 aliphatic heterocycles. The van der Waals surface area contributed by atoms with Gasteiger partial charge in [0.1, 0.15) is 0 Å². The van der Waals surface area contributed by atoms with Crippen LogP contribution in [-0.2, 0) is 4.79 Å². The SMILES string of the molecule is CCNCC(=O)N(C)CC. The second-order valence-corrected chi connectivity index (χ2v) is 2.19. The molecule has 0 aromatic heterocycles. The van der Waals surface area contributed by atoms with Crippen molar-refractivity contribution in [2.75, 3.05) is 26.7 Å². The molecule has 3 nitrogen and oxygen atoms in total. The molecule has 1 amide bonds. The van der Waals surface area contributed by atoms with Crippen LogP contribution in [0.1, 0.15) is 13.8 Å². The summed E-state index contributed by atoms with van der Waals surface area (Å²) in [5.74, 6) is 0.157. The van der Waals surface area contributed by atoms with Crippen molar-refractivity contribution in [1.82, 2.24) is 10.2 Å². The van der Waals surface area contributed by atoms with Gasteiger partial charge in [-0.25, -0.2) is 0 Å². The molecule has 0 aromatic rings. The molecule has 0 saturated carbocycles. The fourth-order valence-electron chi connectivity index (χ4n) is 0.543. The van der Waals surface area contributed by atoms with Gasteiger partial charge in [0.25, 0.3) is 0 Å². The van der Waals surface area contributed by atoms with E-state index in [0.717, 1.165) is 13.1 Å². The van der Waals surface area contributed by atoms with Crippen molar-refractivity contribution >= 4 is 5.91 Å². The molecule has 10 heavy (non-hydrogen) atoms. The zero-order valence-corrected chi connectivity index (χ0v) is 6.98. The summed E-state index contributed by atoms with van der Waals surface area (Å²) < 4.78 is 0. The number of carbonyl (C=O) groups excluding carboxylic acids is 1. The summed E-state index contributed by atoms with van der Waals surface area (Å²) in [5, 5.41) is 2.97. The molecule has 0 spiro atoms. The van der Waals surface area contributed by atoms with E-state index in [1.54, 1.807) is 11.9 Å². The predicted molar refractivity (Wildman–Crippen MR) is 41.9 cm³/mol. The molecule has 0 rings (SSSR count). The Hall–Kier alpha value is -0.570. The summed E-state index contributed by atoms with van der Waals surface area (Å²) in [5.41, 5.74) is 0. The van der Waals surface area contributed by atoms with Gasteiger partial charge in [-0.3, -0.25) is 4.79 Å². The Labute approximate surface area is 62.4 Å². The third kappa shape index (κ3) is 3.45. The lowest BCUT2D eigenvalue weighted by molar-refractivity contribution is -0.128. The van der Waals surface area contributed by atoms with Crippen LogP contribution in [0.25, 0.3) is 0 Å². The number of rotatable bonds is 4. The summed E-state index contributed by atoms with van der Waals surface area (Å²) in [6.07, 6.45) is 0. The number of nitrogens with one attached hydrogen (secondary N) is 1. The molecule has 0 fully saturated rings. The lowest BCUT2D eigenvalue weighted by Crippen LogP contribution is -2.35. The van der Waals surface area contributed by atoms with Gasteiger partial charge in [0.15, 0.2) is 0 Å². The lowest BCUT2D eigenvalue weighted by atomic mass is 10.5. The Bertz CT molecular complexity index is 104. The van der Waals surface area contributed by atoms with E-state index in [0.29, 0.717) is 6.54 Å². The maximum Gasteiger partial charge on any atom is 0.236 e. The van der Waals surface area contributed by atoms with Crippen LogP contribution in [0.4, 0.5) is 0 Å². The first-order chi connectivity index (χ1) is 4.72. The van der Waals surface area contributed by atoms with Crippen molar-refractivity contribution in [3.8, 4) is 0 Å². The number of nitrogens with zero attached hydrogens (tertiary/aromatic N) is 1. The largest absolute Gasteiger partial charge is 0.345 e. The van der Waals surface area contributed by atoms with E-state index in [4.69, 9.17) is 0 Å². The molecule has 0 heterocycles. The summed E-state index contributed by atoms with van der Waals surface area (Å²) in [4.78, 5) is 12.7. The topological polar surface area (TPSA) is 32.3 Å². The van der Waals surface area contributed by atoms with Gasteiger partial charge in [0, 0.05) is 13.6 Å². The predicted octanol–water partition coefficient (Wildman–Crippen LogP) is 0.0742. The van der Waals surface area contributed by atoms with Gasteiger partial charge in [-0.05, 0) is 13.5 Å². The second kappa shape index (κ2) is 5.23. The molecule has 0 saturated heterocycles. The van der Waals surface area contributed by atoms with E-state index < -0.39 is 0 Å². The van der Waals surface area contributed by atoms with E-state index >= 15 is 0 Å². The molecule has 60 valence electrons. The van der Waals surface area contributed by atoms with Gasteiger partial charge >= 0.3 is 0 Å². The smallest absolute Gasteiger partial charge is 0.236 e. The fourth-order valence-corrected chi connectivity index (χ4v) is 0.543. The third-order valence-electron chi connectivity index (χ3n) is 1.43. The number of hydrogen-bond acceptors (Lipinski definition) is 2. The molecular formula is C7H16N2O.